The fraction of sp³-hybridized carbons (Fsp3) is 0.318. The van der Waals surface area contributed by atoms with E-state index in [9.17, 15) is 9.90 Å². The number of benzene rings is 2. The third-order valence-electron chi connectivity index (χ3n) is 4.83. The molecule has 26 heavy (non-hydrogen) atoms. The van der Waals surface area contributed by atoms with Crippen LogP contribution in [0, 0.1) is 0 Å². The summed E-state index contributed by atoms with van der Waals surface area (Å²) in [6, 6.07) is 19.8. The highest BCUT2D eigenvalue weighted by Gasteiger charge is 2.39. The molecule has 0 aliphatic heterocycles. The van der Waals surface area contributed by atoms with Gasteiger partial charge in [-0.1, -0.05) is 60.7 Å². The van der Waals surface area contributed by atoms with E-state index in [0.29, 0.717) is 25.0 Å². The lowest BCUT2D eigenvalue weighted by molar-refractivity contribution is -0.137. The van der Waals surface area contributed by atoms with E-state index in [1.54, 1.807) is 0 Å². The predicted octanol–water partition coefficient (Wildman–Crippen LogP) is 3.53. The van der Waals surface area contributed by atoms with Crippen LogP contribution in [0.5, 0.6) is 0 Å². The molecule has 2 atom stereocenters. The molecule has 0 amide bonds. The highest BCUT2D eigenvalue weighted by Crippen LogP contribution is 2.42. The van der Waals surface area contributed by atoms with Crippen molar-refractivity contribution in [2.24, 2.45) is 0 Å². The average Bonchev–Trinajstić information content (AvgIpc) is 2.66. The van der Waals surface area contributed by atoms with Crippen LogP contribution in [0.1, 0.15) is 36.8 Å². The number of hydrogen-bond acceptors (Lipinski definition) is 4. The zero-order valence-electron chi connectivity index (χ0n) is 15.2. The molecule has 4 nitrogen and oxygen atoms in total. The van der Waals surface area contributed by atoms with E-state index in [4.69, 9.17) is 4.74 Å². The summed E-state index contributed by atoms with van der Waals surface area (Å²) in [4.78, 5) is 12.6. The molecule has 4 heteroatoms. The summed E-state index contributed by atoms with van der Waals surface area (Å²) in [5.74, 6) is -0.546. The average molecular weight is 351 g/mol. The first-order valence-electron chi connectivity index (χ1n) is 8.86. The Morgan fingerprint density at radius 1 is 1.15 bits per heavy atom. The molecule has 0 saturated carbocycles. The quantitative estimate of drug-likeness (QED) is 0.809. The van der Waals surface area contributed by atoms with Gasteiger partial charge in [-0.2, -0.15) is 0 Å². The smallest absolute Gasteiger partial charge is 0.336 e. The van der Waals surface area contributed by atoms with Gasteiger partial charge in [0.1, 0.15) is 0 Å². The summed E-state index contributed by atoms with van der Waals surface area (Å²) in [5, 5.41) is 14.2. The second-order valence-corrected chi connectivity index (χ2v) is 7.06. The Hall–Kier alpha value is -2.59. The number of esters is 1. The second kappa shape index (κ2) is 7.75. The lowest BCUT2D eigenvalue weighted by atomic mass is 9.74. The number of ether oxygens (including phenoxy) is 1. The minimum atomic E-state index is -0.892. The van der Waals surface area contributed by atoms with Crippen LogP contribution in [0.2, 0.25) is 0 Å². The van der Waals surface area contributed by atoms with Gasteiger partial charge in [-0.3, -0.25) is 0 Å². The van der Waals surface area contributed by atoms with Gasteiger partial charge in [-0.15, -0.1) is 0 Å². The van der Waals surface area contributed by atoms with Crippen molar-refractivity contribution in [2.75, 3.05) is 7.11 Å². The molecule has 0 saturated heterocycles. The Bertz CT molecular complexity index is 782. The molecule has 0 spiro atoms. The Morgan fingerprint density at radius 2 is 1.77 bits per heavy atom. The molecule has 2 unspecified atom stereocenters. The minimum absolute atomic E-state index is 0.203. The molecular formula is C22H25NO3. The summed E-state index contributed by atoms with van der Waals surface area (Å²) < 4.78 is 5.07. The highest BCUT2D eigenvalue weighted by atomic mass is 16.5. The zero-order chi connectivity index (χ0) is 18.6. The van der Waals surface area contributed by atoms with Gasteiger partial charge in [0.05, 0.1) is 18.3 Å². The lowest BCUT2D eigenvalue weighted by Crippen LogP contribution is -2.38. The molecule has 0 aromatic heterocycles. The summed E-state index contributed by atoms with van der Waals surface area (Å²) in [6.07, 6.45) is 0.881. The predicted molar refractivity (Wildman–Crippen MR) is 101 cm³/mol. The van der Waals surface area contributed by atoms with Crippen molar-refractivity contribution in [3.05, 3.63) is 83.1 Å². The van der Waals surface area contributed by atoms with Gasteiger partial charge in [-0.05, 0) is 24.5 Å². The van der Waals surface area contributed by atoms with E-state index in [-0.39, 0.29) is 11.9 Å². The zero-order valence-corrected chi connectivity index (χ0v) is 15.2. The van der Waals surface area contributed by atoms with Crippen LogP contribution >= 0.6 is 0 Å². The molecule has 3 rings (SSSR count). The number of carbonyl (C=O) groups excluding carboxylic acids is 1. The molecule has 0 fully saturated rings. The van der Waals surface area contributed by atoms with Crippen molar-refractivity contribution >= 4 is 5.97 Å². The fourth-order valence-electron chi connectivity index (χ4n) is 3.61. The van der Waals surface area contributed by atoms with Crippen LogP contribution < -0.4 is 5.32 Å². The summed E-state index contributed by atoms with van der Waals surface area (Å²) >= 11 is 0. The Morgan fingerprint density at radius 3 is 2.38 bits per heavy atom. The van der Waals surface area contributed by atoms with E-state index in [2.05, 4.69) is 5.32 Å². The number of rotatable bonds is 5. The second-order valence-electron chi connectivity index (χ2n) is 7.06. The van der Waals surface area contributed by atoms with Crippen LogP contribution in [0.4, 0.5) is 0 Å². The van der Waals surface area contributed by atoms with Crippen LogP contribution in [0.3, 0.4) is 0 Å². The fourth-order valence-corrected chi connectivity index (χ4v) is 3.61. The van der Waals surface area contributed by atoms with E-state index >= 15 is 0 Å². The molecule has 0 radical (unpaired) electrons. The highest BCUT2D eigenvalue weighted by molar-refractivity contribution is 5.91. The molecule has 0 heterocycles. The van der Waals surface area contributed by atoms with Crippen LogP contribution in [-0.4, -0.2) is 23.8 Å². The van der Waals surface area contributed by atoms with Crippen LogP contribution in [0.25, 0.3) is 0 Å². The first kappa shape index (κ1) is 18.2. The van der Waals surface area contributed by atoms with E-state index in [1.165, 1.54) is 7.11 Å². The summed E-state index contributed by atoms with van der Waals surface area (Å²) in [5.41, 5.74) is 2.60. The molecular weight excluding hydrogens is 326 g/mol. The Kier molecular flexibility index (Phi) is 5.43. The van der Waals surface area contributed by atoms with Gasteiger partial charge in [0.25, 0.3) is 0 Å². The first-order valence-corrected chi connectivity index (χ1v) is 8.86. The van der Waals surface area contributed by atoms with Crippen molar-refractivity contribution in [2.45, 2.75) is 37.8 Å². The van der Waals surface area contributed by atoms with Crippen molar-refractivity contribution in [3.8, 4) is 0 Å². The molecule has 1 aliphatic rings. The van der Waals surface area contributed by atoms with Gasteiger partial charge < -0.3 is 15.2 Å². The molecule has 136 valence electrons. The van der Waals surface area contributed by atoms with Gasteiger partial charge in [0.15, 0.2) is 0 Å². The van der Waals surface area contributed by atoms with Crippen molar-refractivity contribution in [3.63, 3.8) is 0 Å². The monoisotopic (exact) mass is 351 g/mol. The number of methoxy groups -OCH3 is 1. The first-order chi connectivity index (χ1) is 12.5. The maximum absolute atomic E-state index is 12.6. The van der Waals surface area contributed by atoms with Gasteiger partial charge in [-0.25, -0.2) is 4.79 Å². The van der Waals surface area contributed by atoms with Crippen molar-refractivity contribution < 1.29 is 14.6 Å². The molecule has 2 N–H and O–H groups in total. The number of nitrogens with one attached hydrogen (secondary N) is 1. The number of aliphatic hydroxyl groups is 1. The third-order valence-corrected chi connectivity index (χ3v) is 4.83. The maximum atomic E-state index is 12.6. The molecule has 2 aromatic carbocycles. The molecule has 2 aromatic rings. The molecule has 0 bridgehead atoms. The topological polar surface area (TPSA) is 58.6 Å². The van der Waals surface area contributed by atoms with Gasteiger partial charge in [0, 0.05) is 24.6 Å². The number of hydrogen-bond donors (Lipinski definition) is 2. The largest absolute Gasteiger partial charge is 0.466 e. The van der Waals surface area contributed by atoms with Gasteiger partial charge in [0.2, 0.25) is 0 Å². The summed E-state index contributed by atoms with van der Waals surface area (Å²) in [6.45, 7) is 2.41. The van der Waals surface area contributed by atoms with Gasteiger partial charge >= 0.3 is 5.97 Å². The van der Waals surface area contributed by atoms with Crippen LogP contribution in [-0.2, 0) is 16.1 Å². The van der Waals surface area contributed by atoms with Crippen molar-refractivity contribution in [1.29, 1.82) is 0 Å². The number of carbonyl (C=O) groups is 1. The van der Waals surface area contributed by atoms with Crippen LogP contribution in [0.15, 0.2) is 71.9 Å². The van der Waals surface area contributed by atoms with E-state index < -0.39 is 5.60 Å². The van der Waals surface area contributed by atoms with Crippen molar-refractivity contribution in [1.82, 2.24) is 5.32 Å². The SMILES string of the molecule is COC(=O)C1=C(NCc2ccccc2)CC(C)(O)CC1c1ccccc1. The third kappa shape index (κ3) is 4.14. The van der Waals surface area contributed by atoms with E-state index in [0.717, 1.165) is 16.8 Å². The Labute approximate surface area is 154 Å². The lowest BCUT2D eigenvalue weighted by Gasteiger charge is -2.37. The standard InChI is InChI=1S/C22H25NO3/c1-22(25)13-18(17-11-7-4-8-12-17)20(21(24)26-2)19(14-22)23-15-16-9-5-3-6-10-16/h3-12,18,23,25H,13-15H2,1-2H3. The molecule has 1 aliphatic carbocycles. The van der Waals surface area contributed by atoms with E-state index in [1.807, 2.05) is 67.6 Å². The summed E-state index contributed by atoms with van der Waals surface area (Å²) in [7, 11) is 1.40. The minimum Gasteiger partial charge on any atom is -0.466 e. The maximum Gasteiger partial charge on any atom is 0.336 e. The Balaban J connectivity index is 1.98. The normalized spacial score (nSPS) is 22.8.